The minimum atomic E-state index is -1.09. The number of para-hydroxylation sites is 1. The Morgan fingerprint density at radius 2 is 1.95 bits per heavy atom. The van der Waals surface area contributed by atoms with Gasteiger partial charge in [0, 0.05) is 17.6 Å². The van der Waals surface area contributed by atoms with Crippen LogP contribution in [0.3, 0.4) is 0 Å². The molecule has 2 heterocycles. The second-order valence-electron chi connectivity index (χ2n) is 4.52. The normalized spacial score (nSPS) is 10.5. The summed E-state index contributed by atoms with van der Waals surface area (Å²) in [6.07, 6.45) is 1.68. The van der Waals surface area contributed by atoms with Gasteiger partial charge >= 0.3 is 5.97 Å². The highest BCUT2D eigenvalue weighted by atomic mass is 16.5. The van der Waals surface area contributed by atoms with E-state index in [0.717, 1.165) is 11.1 Å². The molecule has 0 aliphatic carbocycles. The summed E-state index contributed by atoms with van der Waals surface area (Å²) in [5.74, 6) is -0.0483. The first-order valence-corrected chi connectivity index (χ1v) is 6.38. The van der Waals surface area contributed by atoms with Gasteiger partial charge in [-0.15, -0.1) is 0 Å². The van der Waals surface area contributed by atoms with Gasteiger partial charge in [-0.05, 0) is 31.2 Å². The Labute approximate surface area is 120 Å². The number of carboxylic acid groups (broad SMARTS) is 1. The van der Waals surface area contributed by atoms with Gasteiger partial charge in [0.25, 0.3) is 0 Å². The van der Waals surface area contributed by atoms with Gasteiger partial charge in [0.15, 0.2) is 5.69 Å². The highest BCUT2D eigenvalue weighted by Gasteiger charge is 2.13. The quantitative estimate of drug-likeness (QED) is 0.795. The Bertz CT molecular complexity index is 831. The number of fused-ring (bicyclic) bond motifs is 1. The molecule has 0 saturated carbocycles. The van der Waals surface area contributed by atoms with Crippen LogP contribution in [0.4, 0.5) is 0 Å². The van der Waals surface area contributed by atoms with Crippen molar-refractivity contribution in [2.24, 2.45) is 0 Å². The van der Waals surface area contributed by atoms with E-state index in [9.17, 15) is 4.79 Å². The number of nitrogens with zero attached hydrogens (tertiary/aromatic N) is 2. The maximum absolute atomic E-state index is 11.2. The average Bonchev–Trinajstić information content (AvgIpc) is 2.49. The van der Waals surface area contributed by atoms with Crippen molar-refractivity contribution in [2.45, 2.75) is 6.92 Å². The molecule has 0 radical (unpaired) electrons. The predicted molar refractivity (Wildman–Crippen MR) is 77.8 cm³/mol. The molecule has 0 aliphatic rings. The zero-order chi connectivity index (χ0) is 14.8. The van der Waals surface area contributed by atoms with Crippen molar-refractivity contribution in [2.75, 3.05) is 0 Å². The molecule has 0 spiro atoms. The number of aryl methyl sites for hydroxylation is 1. The minimum absolute atomic E-state index is 0.0507. The van der Waals surface area contributed by atoms with E-state index >= 15 is 0 Å². The second kappa shape index (κ2) is 5.20. The van der Waals surface area contributed by atoms with Crippen LogP contribution in [0.25, 0.3) is 10.9 Å². The summed E-state index contributed by atoms with van der Waals surface area (Å²) in [5.41, 5.74) is 1.26. The number of aromatic carboxylic acids is 1. The summed E-state index contributed by atoms with van der Waals surface area (Å²) >= 11 is 0. The summed E-state index contributed by atoms with van der Waals surface area (Å²) in [7, 11) is 0. The number of carbonyl (C=O) groups is 1. The molecule has 2 aromatic heterocycles. The summed E-state index contributed by atoms with van der Waals surface area (Å²) in [6, 6.07) is 12.2. The van der Waals surface area contributed by atoms with Gasteiger partial charge in [0.2, 0.25) is 0 Å². The molecule has 0 atom stereocenters. The summed E-state index contributed by atoms with van der Waals surface area (Å²) in [5, 5.41) is 9.91. The predicted octanol–water partition coefficient (Wildman–Crippen LogP) is 3.43. The smallest absolute Gasteiger partial charge is 0.354 e. The van der Waals surface area contributed by atoms with E-state index in [2.05, 4.69) is 9.97 Å². The SMILES string of the molecule is Cc1ncccc1Oc1cc(C(=O)O)nc2ccccc12. The Kier molecular flexibility index (Phi) is 3.23. The van der Waals surface area contributed by atoms with Crippen molar-refractivity contribution in [3.8, 4) is 11.5 Å². The fourth-order valence-electron chi connectivity index (χ4n) is 2.03. The molecule has 0 aliphatic heterocycles. The van der Waals surface area contributed by atoms with Gasteiger partial charge in [-0.3, -0.25) is 4.98 Å². The zero-order valence-corrected chi connectivity index (χ0v) is 11.3. The van der Waals surface area contributed by atoms with E-state index in [0.29, 0.717) is 17.0 Å². The van der Waals surface area contributed by atoms with Crippen LogP contribution in [-0.4, -0.2) is 21.0 Å². The van der Waals surface area contributed by atoms with Gasteiger partial charge in [0.1, 0.15) is 11.5 Å². The number of hydrogen-bond donors (Lipinski definition) is 1. The van der Waals surface area contributed by atoms with Crippen molar-refractivity contribution in [3.63, 3.8) is 0 Å². The lowest BCUT2D eigenvalue weighted by Gasteiger charge is -2.11. The molecule has 3 rings (SSSR count). The minimum Gasteiger partial charge on any atom is -0.477 e. The van der Waals surface area contributed by atoms with E-state index in [4.69, 9.17) is 9.84 Å². The number of benzene rings is 1. The maximum Gasteiger partial charge on any atom is 0.354 e. The van der Waals surface area contributed by atoms with Crippen molar-refractivity contribution in [1.82, 2.24) is 9.97 Å². The van der Waals surface area contributed by atoms with Gasteiger partial charge in [0.05, 0.1) is 11.2 Å². The molecule has 1 N–H and O–H groups in total. The average molecular weight is 280 g/mol. The van der Waals surface area contributed by atoms with Gasteiger partial charge in [-0.2, -0.15) is 0 Å². The molecule has 104 valence electrons. The number of aromatic nitrogens is 2. The first-order valence-electron chi connectivity index (χ1n) is 6.38. The number of pyridine rings is 2. The van der Waals surface area contributed by atoms with Crippen molar-refractivity contribution >= 4 is 16.9 Å². The Morgan fingerprint density at radius 3 is 2.71 bits per heavy atom. The van der Waals surface area contributed by atoms with Crippen molar-refractivity contribution in [3.05, 3.63) is 60.0 Å². The fourth-order valence-corrected chi connectivity index (χ4v) is 2.03. The van der Waals surface area contributed by atoms with E-state index in [1.165, 1.54) is 6.07 Å². The lowest BCUT2D eigenvalue weighted by atomic mass is 10.2. The van der Waals surface area contributed by atoms with Crippen LogP contribution < -0.4 is 4.74 Å². The van der Waals surface area contributed by atoms with Crippen molar-refractivity contribution < 1.29 is 14.6 Å². The Hall–Kier alpha value is -2.95. The number of ether oxygens (including phenoxy) is 1. The van der Waals surface area contributed by atoms with Crippen LogP contribution >= 0.6 is 0 Å². The van der Waals surface area contributed by atoms with Gasteiger partial charge in [-0.25, -0.2) is 9.78 Å². The Balaban J connectivity index is 2.16. The molecule has 3 aromatic rings. The molecular weight excluding hydrogens is 268 g/mol. The van der Waals surface area contributed by atoms with E-state index in [-0.39, 0.29) is 5.69 Å². The highest BCUT2D eigenvalue weighted by Crippen LogP contribution is 2.30. The molecule has 0 fully saturated rings. The van der Waals surface area contributed by atoms with Crippen molar-refractivity contribution in [1.29, 1.82) is 0 Å². The number of carboxylic acids is 1. The summed E-state index contributed by atoms with van der Waals surface area (Å²) in [4.78, 5) is 19.4. The number of hydrogen-bond acceptors (Lipinski definition) is 4. The second-order valence-corrected chi connectivity index (χ2v) is 4.52. The molecule has 5 nitrogen and oxygen atoms in total. The molecule has 21 heavy (non-hydrogen) atoms. The lowest BCUT2D eigenvalue weighted by Crippen LogP contribution is -2.01. The lowest BCUT2D eigenvalue weighted by molar-refractivity contribution is 0.0690. The maximum atomic E-state index is 11.2. The topological polar surface area (TPSA) is 72.3 Å². The Morgan fingerprint density at radius 1 is 1.14 bits per heavy atom. The van der Waals surface area contributed by atoms with E-state index < -0.39 is 5.97 Å². The zero-order valence-electron chi connectivity index (χ0n) is 11.3. The third kappa shape index (κ3) is 2.53. The standard InChI is InChI=1S/C16H12N2O3/c1-10-14(7-4-8-17-10)21-15-9-13(16(19)20)18-12-6-3-2-5-11(12)15/h2-9H,1H3,(H,19,20). The first kappa shape index (κ1) is 13.1. The third-order valence-electron chi connectivity index (χ3n) is 3.08. The number of rotatable bonds is 3. The van der Waals surface area contributed by atoms with Crippen LogP contribution in [0.15, 0.2) is 48.7 Å². The molecule has 5 heteroatoms. The van der Waals surface area contributed by atoms with Crippen LogP contribution in [-0.2, 0) is 0 Å². The monoisotopic (exact) mass is 280 g/mol. The van der Waals surface area contributed by atoms with Crippen LogP contribution in [0.5, 0.6) is 11.5 Å². The van der Waals surface area contributed by atoms with Crippen LogP contribution in [0.2, 0.25) is 0 Å². The van der Waals surface area contributed by atoms with Crippen LogP contribution in [0.1, 0.15) is 16.2 Å². The summed E-state index contributed by atoms with van der Waals surface area (Å²) in [6.45, 7) is 1.83. The van der Waals surface area contributed by atoms with E-state index in [1.54, 1.807) is 30.5 Å². The molecule has 0 bridgehead atoms. The molecule has 1 aromatic carbocycles. The molecular formula is C16H12N2O3. The highest BCUT2D eigenvalue weighted by molar-refractivity contribution is 5.93. The molecule has 0 saturated heterocycles. The van der Waals surface area contributed by atoms with Gasteiger partial charge in [-0.1, -0.05) is 12.1 Å². The largest absolute Gasteiger partial charge is 0.477 e. The summed E-state index contributed by atoms with van der Waals surface area (Å²) < 4.78 is 5.85. The molecule has 0 unspecified atom stereocenters. The first-order chi connectivity index (χ1) is 10.1. The van der Waals surface area contributed by atoms with Crippen LogP contribution in [0, 0.1) is 6.92 Å². The molecule has 0 amide bonds. The fraction of sp³-hybridized carbons (Fsp3) is 0.0625. The van der Waals surface area contributed by atoms with E-state index in [1.807, 2.05) is 19.1 Å². The third-order valence-corrected chi connectivity index (χ3v) is 3.08. The van der Waals surface area contributed by atoms with Gasteiger partial charge < -0.3 is 9.84 Å².